The van der Waals surface area contributed by atoms with Gasteiger partial charge in [0.1, 0.15) is 6.04 Å². The zero-order valence-electron chi connectivity index (χ0n) is 12.3. The molecule has 0 aromatic heterocycles. The second kappa shape index (κ2) is 7.95. The second-order valence-electron chi connectivity index (χ2n) is 5.41. The summed E-state index contributed by atoms with van der Waals surface area (Å²) in [7, 11) is 1.43. The summed E-state index contributed by atoms with van der Waals surface area (Å²) in [4.78, 5) is 11.9. The van der Waals surface area contributed by atoms with E-state index in [-0.39, 0.29) is 18.1 Å². The summed E-state index contributed by atoms with van der Waals surface area (Å²) >= 11 is 0. The molecule has 1 N–H and O–H groups in total. The van der Waals surface area contributed by atoms with Gasteiger partial charge >= 0.3 is 5.97 Å². The third kappa shape index (κ3) is 5.43. The Morgan fingerprint density at radius 3 is 2.32 bits per heavy atom. The molecule has 0 aliphatic carbocycles. The first-order chi connectivity index (χ1) is 9.04. The van der Waals surface area contributed by atoms with Gasteiger partial charge in [0, 0.05) is 6.04 Å². The highest BCUT2D eigenvalue weighted by atomic mass is 16.5. The minimum absolute atomic E-state index is 0.234. The van der Waals surface area contributed by atoms with Crippen molar-refractivity contribution in [3.05, 3.63) is 35.9 Å². The number of nitrogens with one attached hydrogen (secondary N) is 1. The van der Waals surface area contributed by atoms with E-state index in [9.17, 15) is 4.79 Å². The van der Waals surface area contributed by atoms with E-state index in [1.54, 1.807) is 0 Å². The quantitative estimate of drug-likeness (QED) is 0.767. The Labute approximate surface area is 116 Å². The number of carbonyl (C=O) groups is 1. The number of carbonyl (C=O) groups excluding carboxylic acids is 1. The molecule has 1 aromatic rings. The van der Waals surface area contributed by atoms with Crippen LogP contribution in [0.3, 0.4) is 0 Å². The molecule has 0 saturated heterocycles. The minimum atomic E-state index is -0.381. The van der Waals surface area contributed by atoms with Crippen molar-refractivity contribution in [3.63, 3.8) is 0 Å². The van der Waals surface area contributed by atoms with Crippen LogP contribution >= 0.6 is 0 Å². The molecule has 19 heavy (non-hydrogen) atoms. The second-order valence-corrected chi connectivity index (χ2v) is 5.41. The Morgan fingerprint density at radius 2 is 1.79 bits per heavy atom. The molecule has 0 aliphatic heterocycles. The molecule has 0 aliphatic rings. The monoisotopic (exact) mass is 263 g/mol. The standard InChI is InChI=1S/C16H25NO2/c1-12(2)10-11-13(3)17-15(16(18)19-4)14-8-6-5-7-9-14/h5-9,12-13,15,17H,10-11H2,1-4H3. The molecule has 106 valence electrons. The molecular weight excluding hydrogens is 238 g/mol. The zero-order valence-corrected chi connectivity index (χ0v) is 12.3. The molecule has 0 heterocycles. The average molecular weight is 263 g/mol. The van der Waals surface area contributed by atoms with E-state index in [0.717, 1.165) is 18.4 Å². The number of benzene rings is 1. The largest absolute Gasteiger partial charge is 0.468 e. The molecular formula is C16H25NO2. The maximum absolute atomic E-state index is 11.9. The maximum atomic E-state index is 11.9. The lowest BCUT2D eigenvalue weighted by molar-refractivity contribution is -0.143. The average Bonchev–Trinajstić information content (AvgIpc) is 2.42. The van der Waals surface area contributed by atoms with E-state index in [0.29, 0.717) is 5.92 Å². The highest BCUT2D eigenvalue weighted by Crippen LogP contribution is 2.17. The summed E-state index contributed by atoms with van der Waals surface area (Å²) < 4.78 is 4.89. The van der Waals surface area contributed by atoms with Gasteiger partial charge in [-0.15, -0.1) is 0 Å². The van der Waals surface area contributed by atoms with E-state index < -0.39 is 0 Å². The van der Waals surface area contributed by atoms with Crippen molar-refractivity contribution < 1.29 is 9.53 Å². The first kappa shape index (κ1) is 15.7. The van der Waals surface area contributed by atoms with Crippen LogP contribution in [0.1, 0.15) is 45.2 Å². The van der Waals surface area contributed by atoms with Gasteiger partial charge in [0.2, 0.25) is 0 Å². The van der Waals surface area contributed by atoms with Gasteiger partial charge in [-0.2, -0.15) is 0 Å². The van der Waals surface area contributed by atoms with E-state index in [2.05, 4.69) is 26.1 Å². The van der Waals surface area contributed by atoms with Crippen LogP contribution < -0.4 is 5.32 Å². The van der Waals surface area contributed by atoms with Crippen molar-refractivity contribution in [2.75, 3.05) is 7.11 Å². The van der Waals surface area contributed by atoms with Crippen molar-refractivity contribution in [3.8, 4) is 0 Å². The molecule has 0 amide bonds. The highest BCUT2D eigenvalue weighted by molar-refractivity contribution is 5.77. The first-order valence-electron chi connectivity index (χ1n) is 6.93. The molecule has 3 nitrogen and oxygen atoms in total. The molecule has 1 rings (SSSR count). The Kier molecular flexibility index (Phi) is 6.57. The normalized spacial score (nSPS) is 14.2. The molecule has 0 radical (unpaired) electrons. The number of hydrogen-bond acceptors (Lipinski definition) is 3. The summed E-state index contributed by atoms with van der Waals surface area (Å²) in [5.41, 5.74) is 0.950. The molecule has 0 bridgehead atoms. The van der Waals surface area contributed by atoms with Gasteiger partial charge in [-0.05, 0) is 31.2 Å². The summed E-state index contributed by atoms with van der Waals surface area (Å²) in [6, 6.07) is 9.62. The number of esters is 1. The van der Waals surface area contributed by atoms with E-state index in [4.69, 9.17) is 4.74 Å². The molecule has 2 atom stereocenters. The van der Waals surface area contributed by atoms with Crippen LogP contribution in [0.5, 0.6) is 0 Å². The molecule has 0 fully saturated rings. The zero-order chi connectivity index (χ0) is 14.3. The molecule has 0 spiro atoms. The van der Waals surface area contributed by atoms with Crippen molar-refractivity contribution in [2.45, 2.75) is 45.7 Å². The Bertz CT molecular complexity index is 376. The fourth-order valence-electron chi connectivity index (χ4n) is 2.01. The minimum Gasteiger partial charge on any atom is -0.468 e. The lowest BCUT2D eigenvalue weighted by Crippen LogP contribution is -2.36. The van der Waals surface area contributed by atoms with Crippen molar-refractivity contribution in [1.82, 2.24) is 5.32 Å². The predicted octanol–water partition coefficient (Wildman–Crippen LogP) is 3.32. The predicted molar refractivity (Wildman–Crippen MR) is 77.9 cm³/mol. The van der Waals surface area contributed by atoms with E-state index in [1.165, 1.54) is 7.11 Å². The third-order valence-corrected chi connectivity index (χ3v) is 3.20. The fraction of sp³-hybridized carbons (Fsp3) is 0.562. The summed E-state index contributed by atoms with van der Waals surface area (Å²) in [6.07, 6.45) is 2.20. The molecule has 2 unspecified atom stereocenters. The van der Waals surface area contributed by atoms with Crippen LogP contribution in [0.2, 0.25) is 0 Å². The number of hydrogen-bond donors (Lipinski definition) is 1. The van der Waals surface area contributed by atoms with Crippen LogP contribution in [0.15, 0.2) is 30.3 Å². The molecule has 0 saturated carbocycles. The lowest BCUT2D eigenvalue weighted by Gasteiger charge is -2.22. The number of rotatable bonds is 7. The SMILES string of the molecule is COC(=O)C(NC(C)CCC(C)C)c1ccccc1. The van der Waals surface area contributed by atoms with Gasteiger partial charge in [-0.1, -0.05) is 44.2 Å². The van der Waals surface area contributed by atoms with Gasteiger partial charge in [0.25, 0.3) is 0 Å². The van der Waals surface area contributed by atoms with E-state index >= 15 is 0 Å². The van der Waals surface area contributed by atoms with Crippen LogP contribution in [0.4, 0.5) is 0 Å². The van der Waals surface area contributed by atoms with Gasteiger partial charge in [-0.25, -0.2) is 4.79 Å². The summed E-state index contributed by atoms with van der Waals surface area (Å²) in [6.45, 7) is 6.53. The molecule has 3 heteroatoms. The van der Waals surface area contributed by atoms with E-state index in [1.807, 2.05) is 30.3 Å². The van der Waals surface area contributed by atoms with Crippen LogP contribution in [0, 0.1) is 5.92 Å². The van der Waals surface area contributed by atoms with Gasteiger partial charge in [0.05, 0.1) is 7.11 Å². The fourth-order valence-corrected chi connectivity index (χ4v) is 2.01. The highest BCUT2D eigenvalue weighted by Gasteiger charge is 2.22. The first-order valence-corrected chi connectivity index (χ1v) is 6.93. The molecule has 1 aromatic carbocycles. The van der Waals surface area contributed by atoms with Crippen LogP contribution in [0.25, 0.3) is 0 Å². The number of methoxy groups -OCH3 is 1. The van der Waals surface area contributed by atoms with Gasteiger partial charge < -0.3 is 4.74 Å². The Balaban J connectivity index is 2.68. The number of ether oxygens (including phenoxy) is 1. The van der Waals surface area contributed by atoms with Crippen molar-refractivity contribution in [1.29, 1.82) is 0 Å². The lowest BCUT2D eigenvalue weighted by atomic mass is 10.0. The maximum Gasteiger partial charge on any atom is 0.327 e. The third-order valence-electron chi connectivity index (χ3n) is 3.20. The van der Waals surface area contributed by atoms with Crippen LogP contribution in [-0.4, -0.2) is 19.1 Å². The van der Waals surface area contributed by atoms with Crippen molar-refractivity contribution >= 4 is 5.97 Å². The summed E-state index contributed by atoms with van der Waals surface area (Å²) in [5, 5.41) is 3.36. The Hall–Kier alpha value is -1.35. The topological polar surface area (TPSA) is 38.3 Å². The smallest absolute Gasteiger partial charge is 0.327 e. The summed E-state index contributed by atoms with van der Waals surface area (Å²) in [5.74, 6) is 0.445. The Morgan fingerprint density at radius 1 is 1.16 bits per heavy atom. The van der Waals surface area contributed by atoms with Crippen molar-refractivity contribution in [2.24, 2.45) is 5.92 Å². The van der Waals surface area contributed by atoms with Crippen LogP contribution in [-0.2, 0) is 9.53 Å². The van der Waals surface area contributed by atoms with Gasteiger partial charge in [-0.3, -0.25) is 5.32 Å². The van der Waals surface area contributed by atoms with Gasteiger partial charge in [0.15, 0.2) is 0 Å².